The molecule has 0 saturated carbocycles. The molecule has 2 rings (SSSR count). The lowest BCUT2D eigenvalue weighted by atomic mass is 10.1. The Hall–Kier alpha value is -1.16. The summed E-state index contributed by atoms with van der Waals surface area (Å²) in [6.07, 6.45) is 10.3. The second-order valence-corrected chi connectivity index (χ2v) is 6.74. The van der Waals surface area contributed by atoms with E-state index in [2.05, 4.69) is 25.0 Å². The normalized spacial score (nSPS) is 11.1. The number of hydrogen-bond donors (Lipinski definition) is 0. The van der Waals surface area contributed by atoms with Gasteiger partial charge in [-0.15, -0.1) is 16.0 Å². The Morgan fingerprint density at radius 2 is 2.00 bits per heavy atom. The number of aromatic nitrogens is 3. The van der Waals surface area contributed by atoms with Crippen LogP contribution < -0.4 is 4.57 Å². The maximum atomic E-state index is 4.28. The largest absolute Gasteiger partial charge is 0.264 e. The van der Waals surface area contributed by atoms with Crippen molar-refractivity contribution in [1.29, 1.82) is 0 Å². The Morgan fingerprint density at radius 3 is 2.63 bits per heavy atom. The summed E-state index contributed by atoms with van der Waals surface area (Å²) in [5, 5.41) is 4.28. The van der Waals surface area contributed by atoms with Gasteiger partial charge in [0.1, 0.15) is 6.54 Å². The fraction of sp³-hybridized carbons (Fsp3) is 0.600. The van der Waals surface area contributed by atoms with Crippen molar-refractivity contribution >= 4 is 11.3 Å². The van der Waals surface area contributed by atoms with Crippen LogP contribution in [0.25, 0.3) is 0 Å². The number of hydrogen-bond acceptors (Lipinski definition) is 2. The molecule has 0 spiro atoms. The Balaban J connectivity index is 1.58. The molecule has 0 bridgehead atoms. The molecule has 19 heavy (non-hydrogen) atoms. The predicted octanol–water partition coefficient (Wildman–Crippen LogP) is 3.19. The molecule has 0 aliphatic carbocycles. The number of aryl methyl sites for hydroxylation is 5. The van der Waals surface area contributed by atoms with E-state index in [1.165, 1.54) is 41.9 Å². The van der Waals surface area contributed by atoms with E-state index in [9.17, 15) is 0 Å². The molecule has 104 valence electrons. The van der Waals surface area contributed by atoms with E-state index in [0.29, 0.717) is 0 Å². The van der Waals surface area contributed by atoms with Gasteiger partial charge in [0.05, 0.1) is 7.05 Å². The molecule has 0 fully saturated rings. The first-order valence-corrected chi connectivity index (χ1v) is 7.90. The molecule has 2 aromatic rings. The van der Waals surface area contributed by atoms with Crippen LogP contribution in [0.4, 0.5) is 0 Å². The summed E-state index contributed by atoms with van der Waals surface area (Å²) in [4.78, 5) is 2.94. The average Bonchev–Trinajstić information content (AvgIpc) is 2.90. The highest BCUT2D eigenvalue weighted by Crippen LogP contribution is 2.22. The molecule has 0 amide bonds. The van der Waals surface area contributed by atoms with E-state index in [1.807, 2.05) is 40.3 Å². The van der Waals surface area contributed by atoms with Crippen LogP contribution in [0.3, 0.4) is 0 Å². The maximum Gasteiger partial charge on any atom is 0.264 e. The standard InChI is InChI=1S/C15H24N3S/c1-13-10-15(14(2)19-13)8-6-4-5-7-9-18-12-17(3)11-16-18/h10-12H,4-9H2,1-3H3/q+1. The third-order valence-electron chi connectivity index (χ3n) is 3.42. The van der Waals surface area contributed by atoms with Gasteiger partial charge < -0.3 is 0 Å². The van der Waals surface area contributed by atoms with E-state index in [0.717, 1.165) is 6.54 Å². The lowest BCUT2D eigenvalue weighted by Gasteiger charge is -2.00. The molecule has 0 N–H and O–H groups in total. The molecule has 2 aromatic heterocycles. The predicted molar refractivity (Wildman–Crippen MR) is 79.4 cm³/mol. The lowest BCUT2D eigenvalue weighted by Crippen LogP contribution is -2.23. The fourth-order valence-electron chi connectivity index (χ4n) is 2.41. The van der Waals surface area contributed by atoms with Crippen molar-refractivity contribution in [2.75, 3.05) is 0 Å². The van der Waals surface area contributed by atoms with Gasteiger partial charge in [-0.3, -0.25) is 0 Å². The van der Waals surface area contributed by atoms with Gasteiger partial charge in [0, 0.05) is 14.9 Å². The number of thiophene rings is 1. The van der Waals surface area contributed by atoms with Crippen molar-refractivity contribution in [2.24, 2.45) is 7.05 Å². The zero-order valence-corrected chi connectivity index (χ0v) is 13.0. The zero-order valence-electron chi connectivity index (χ0n) is 12.2. The van der Waals surface area contributed by atoms with E-state index in [4.69, 9.17) is 0 Å². The first-order chi connectivity index (χ1) is 9.15. The lowest BCUT2D eigenvalue weighted by molar-refractivity contribution is -0.672. The maximum absolute atomic E-state index is 4.28. The Bertz CT molecular complexity index is 513. The molecular formula is C15H24N3S+. The highest BCUT2D eigenvalue weighted by Gasteiger charge is 2.04. The van der Waals surface area contributed by atoms with Crippen molar-refractivity contribution < 1.29 is 4.57 Å². The molecule has 2 heterocycles. The number of unbranched alkanes of at least 4 members (excludes halogenated alkanes) is 3. The molecule has 0 saturated heterocycles. The topological polar surface area (TPSA) is 21.7 Å². The Kier molecular flexibility index (Phi) is 5.14. The summed E-state index contributed by atoms with van der Waals surface area (Å²) in [6, 6.07) is 2.35. The van der Waals surface area contributed by atoms with Gasteiger partial charge in [-0.25, -0.2) is 4.57 Å². The van der Waals surface area contributed by atoms with Gasteiger partial charge in [-0.05, 0) is 44.7 Å². The summed E-state index contributed by atoms with van der Waals surface area (Å²) < 4.78 is 4.01. The molecule has 0 unspecified atom stereocenters. The molecule has 0 atom stereocenters. The van der Waals surface area contributed by atoms with Crippen molar-refractivity contribution in [3.8, 4) is 0 Å². The molecule has 0 aromatic carbocycles. The molecular weight excluding hydrogens is 254 g/mol. The SMILES string of the molecule is Cc1cc(CCCCCCn2c[n+](C)cn2)c(C)s1. The van der Waals surface area contributed by atoms with Crippen LogP contribution in [0.5, 0.6) is 0 Å². The van der Waals surface area contributed by atoms with Crippen LogP contribution in [0, 0.1) is 13.8 Å². The van der Waals surface area contributed by atoms with Crippen LogP contribution in [0.15, 0.2) is 18.7 Å². The van der Waals surface area contributed by atoms with Crippen molar-refractivity contribution in [3.05, 3.63) is 34.0 Å². The quantitative estimate of drug-likeness (QED) is 0.563. The molecule has 3 nitrogen and oxygen atoms in total. The smallest absolute Gasteiger partial charge is 0.240 e. The van der Waals surface area contributed by atoms with Crippen LogP contribution >= 0.6 is 11.3 Å². The van der Waals surface area contributed by atoms with Crippen LogP contribution in [0.2, 0.25) is 0 Å². The third-order valence-corrected chi connectivity index (χ3v) is 4.43. The Morgan fingerprint density at radius 1 is 1.21 bits per heavy atom. The van der Waals surface area contributed by atoms with Crippen LogP contribution in [-0.2, 0) is 20.0 Å². The van der Waals surface area contributed by atoms with Gasteiger partial charge in [0.25, 0.3) is 6.33 Å². The summed E-state index contributed by atoms with van der Waals surface area (Å²) in [5.74, 6) is 0. The van der Waals surface area contributed by atoms with E-state index < -0.39 is 0 Å². The molecule has 0 radical (unpaired) electrons. The molecule has 0 aliphatic heterocycles. The van der Waals surface area contributed by atoms with Crippen molar-refractivity contribution in [2.45, 2.75) is 52.5 Å². The van der Waals surface area contributed by atoms with Gasteiger partial charge in [-0.2, -0.15) is 0 Å². The van der Waals surface area contributed by atoms with Gasteiger partial charge in [-0.1, -0.05) is 12.8 Å². The van der Waals surface area contributed by atoms with Crippen molar-refractivity contribution in [1.82, 2.24) is 9.78 Å². The van der Waals surface area contributed by atoms with E-state index >= 15 is 0 Å². The number of nitrogens with zero attached hydrogens (tertiary/aromatic N) is 3. The molecule has 0 aliphatic rings. The summed E-state index contributed by atoms with van der Waals surface area (Å²) in [7, 11) is 2.01. The highest BCUT2D eigenvalue weighted by molar-refractivity contribution is 7.12. The average molecular weight is 278 g/mol. The summed E-state index contributed by atoms with van der Waals surface area (Å²) in [5.41, 5.74) is 1.56. The van der Waals surface area contributed by atoms with Gasteiger partial charge in [0.15, 0.2) is 0 Å². The van der Waals surface area contributed by atoms with Crippen LogP contribution in [0.1, 0.15) is 41.0 Å². The first kappa shape index (κ1) is 14.3. The minimum absolute atomic E-state index is 1.04. The zero-order chi connectivity index (χ0) is 13.7. The minimum Gasteiger partial charge on any atom is -0.240 e. The monoisotopic (exact) mass is 278 g/mol. The van der Waals surface area contributed by atoms with Gasteiger partial charge in [0.2, 0.25) is 6.33 Å². The minimum atomic E-state index is 1.04. The second-order valence-electron chi connectivity index (χ2n) is 5.28. The first-order valence-electron chi connectivity index (χ1n) is 7.09. The van der Waals surface area contributed by atoms with Crippen LogP contribution in [-0.4, -0.2) is 9.78 Å². The van der Waals surface area contributed by atoms with Gasteiger partial charge >= 0.3 is 0 Å². The van der Waals surface area contributed by atoms with E-state index in [1.54, 1.807) is 5.56 Å². The third kappa shape index (κ3) is 4.46. The Labute approximate surface area is 119 Å². The second kappa shape index (κ2) is 6.85. The van der Waals surface area contributed by atoms with Crippen molar-refractivity contribution in [3.63, 3.8) is 0 Å². The molecule has 4 heteroatoms. The fourth-order valence-corrected chi connectivity index (χ4v) is 3.38. The van der Waals surface area contributed by atoms with E-state index in [-0.39, 0.29) is 0 Å². The summed E-state index contributed by atoms with van der Waals surface area (Å²) in [6.45, 7) is 5.48. The summed E-state index contributed by atoms with van der Waals surface area (Å²) >= 11 is 1.92. The number of rotatable bonds is 7. The highest BCUT2D eigenvalue weighted by atomic mass is 32.1.